The summed E-state index contributed by atoms with van der Waals surface area (Å²) in [5.41, 5.74) is 4.82. The minimum absolute atomic E-state index is 0.0971. The van der Waals surface area contributed by atoms with Gasteiger partial charge in [0, 0.05) is 0 Å². The maximum atomic E-state index is 11.9. The van der Waals surface area contributed by atoms with Crippen molar-refractivity contribution in [1.82, 2.24) is 0 Å². The second-order valence-corrected chi connectivity index (χ2v) is 2.44. The van der Waals surface area contributed by atoms with Crippen molar-refractivity contribution in [2.45, 2.75) is 6.36 Å². The van der Waals surface area contributed by atoms with Gasteiger partial charge in [0.15, 0.2) is 5.75 Å². The maximum Gasteiger partial charge on any atom is 0.573 e. The largest absolute Gasteiger partial charge is 0.573 e. The van der Waals surface area contributed by atoms with Crippen molar-refractivity contribution in [3.8, 4) is 5.75 Å². The van der Waals surface area contributed by atoms with Gasteiger partial charge in [0.05, 0.1) is 5.69 Å². The van der Waals surface area contributed by atoms with Crippen LogP contribution in [0.4, 0.5) is 24.5 Å². The molecule has 15 heavy (non-hydrogen) atoms. The molecule has 0 aliphatic heterocycles. The lowest BCUT2D eigenvalue weighted by Crippen LogP contribution is -2.17. The summed E-state index contributed by atoms with van der Waals surface area (Å²) in [5.74, 6) is -0.633. The molecule has 0 aliphatic rings. The highest BCUT2D eigenvalue weighted by Gasteiger charge is 2.32. The van der Waals surface area contributed by atoms with Crippen molar-refractivity contribution < 1.29 is 22.7 Å². The van der Waals surface area contributed by atoms with Gasteiger partial charge in [-0.3, -0.25) is 0 Å². The van der Waals surface area contributed by atoms with E-state index in [0.717, 1.165) is 12.1 Å². The summed E-state index contributed by atoms with van der Waals surface area (Å²) in [7, 11) is 0. The Hall–Kier alpha value is -2.01. The highest BCUT2D eigenvalue weighted by molar-refractivity contribution is 5.72. The third-order valence-electron chi connectivity index (χ3n) is 1.41. The zero-order chi connectivity index (χ0) is 11.5. The smallest absolute Gasteiger partial charge is 0.403 e. The number of ether oxygens (including phenoxy) is 1. The molecule has 0 saturated heterocycles. The molecule has 0 bridgehead atoms. The number of nitrogen functional groups attached to an aromatic ring is 1. The molecule has 4 nitrogen and oxygen atoms in total. The first-order valence-electron chi connectivity index (χ1n) is 3.66. The van der Waals surface area contributed by atoms with E-state index in [4.69, 9.17) is 5.73 Å². The number of rotatable bonds is 2. The zero-order valence-electron chi connectivity index (χ0n) is 7.21. The van der Waals surface area contributed by atoms with Gasteiger partial charge in [-0.1, -0.05) is 6.07 Å². The van der Waals surface area contributed by atoms with E-state index in [0.29, 0.717) is 0 Å². The molecule has 0 spiro atoms. The van der Waals surface area contributed by atoms with Gasteiger partial charge in [0.2, 0.25) is 6.08 Å². The molecule has 0 radical (unpaired) electrons. The van der Waals surface area contributed by atoms with Crippen LogP contribution in [0.1, 0.15) is 0 Å². The monoisotopic (exact) mass is 218 g/mol. The molecule has 7 heteroatoms. The zero-order valence-corrected chi connectivity index (χ0v) is 7.21. The Morgan fingerprint density at radius 3 is 2.60 bits per heavy atom. The second-order valence-electron chi connectivity index (χ2n) is 2.44. The number of hydrogen-bond donors (Lipinski definition) is 1. The molecular formula is C8H5F3N2O2. The predicted molar refractivity (Wildman–Crippen MR) is 45.3 cm³/mol. The van der Waals surface area contributed by atoms with E-state index in [1.54, 1.807) is 0 Å². The average molecular weight is 218 g/mol. The number of halogens is 3. The number of para-hydroxylation sites is 1. The van der Waals surface area contributed by atoms with Gasteiger partial charge in [-0.2, -0.15) is 4.99 Å². The standard InChI is InChI=1S/C8H5F3N2O2/c9-8(10,11)15-6-3-1-2-5(12)7(6)13-4-14/h1-3H,12H2. The first-order valence-corrected chi connectivity index (χ1v) is 3.66. The normalized spacial score (nSPS) is 10.6. The summed E-state index contributed by atoms with van der Waals surface area (Å²) in [5, 5.41) is 0. The lowest BCUT2D eigenvalue weighted by atomic mass is 10.2. The molecule has 0 aliphatic carbocycles. The number of nitrogens with two attached hydrogens (primary N) is 1. The molecule has 0 aromatic heterocycles. The van der Waals surface area contributed by atoms with Crippen LogP contribution >= 0.6 is 0 Å². The predicted octanol–water partition coefficient (Wildman–Crippen LogP) is 2.13. The summed E-state index contributed by atoms with van der Waals surface area (Å²) in [6.45, 7) is 0. The van der Waals surface area contributed by atoms with Crippen LogP contribution in [0.5, 0.6) is 5.75 Å². The van der Waals surface area contributed by atoms with Crippen LogP contribution in [0.2, 0.25) is 0 Å². The van der Waals surface area contributed by atoms with Crippen molar-refractivity contribution in [2.24, 2.45) is 4.99 Å². The van der Waals surface area contributed by atoms with Crippen LogP contribution in [0.3, 0.4) is 0 Å². The number of aliphatic imine (C=N–C) groups is 1. The number of nitrogens with zero attached hydrogens (tertiary/aromatic N) is 1. The van der Waals surface area contributed by atoms with Gasteiger partial charge < -0.3 is 10.5 Å². The summed E-state index contributed by atoms with van der Waals surface area (Å²) >= 11 is 0. The molecular weight excluding hydrogens is 213 g/mol. The number of benzene rings is 1. The van der Waals surface area contributed by atoms with Gasteiger partial charge in [-0.05, 0) is 12.1 Å². The number of hydrogen-bond acceptors (Lipinski definition) is 4. The van der Waals surface area contributed by atoms with E-state index in [-0.39, 0.29) is 11.4 Å². The SMILES string of the molecule is Nc1cccc(OC(F)(F)F)c1N=C=O. The molecule has 1 aromatic rings. The summed E-state index contributed by atoms with van der Waals surface area (Å²) in [6.07, 6.45) is -3.76. The molecule has 1 rings (SSSR count). The topological polar surface area (TPSA) is 64.7 Å². The Labute approximate surface area is 82.2 Å². The molecule has 0 saturated carbocycles. The Kier molecular flexibility index (Phi) is 2.96. The molecule has 0 atom stereocenters. The van der Waals surface area contributed by atoms with Gasteiger partial charge >= 0.3 is 6.36 Å². The van der Waals surface area contributed by atoms with Crippen LogP contribution in [0.15, 0.2) is 23.2 Å². The van der Waals surface area contributed by atoms with E-state index in [1.807, 2.05) is 0 Å². The van der Waals surface area contributed by atoms with Crippen LogP contribution in [0, 0.1) is 0 Å². The minimum atomic E-state index is -4.86. The highest BCUT2D eigenvalue weighted by Crippen LogP contribution is 2.36. The van der Waals surface area contributed by atoms with Crippen LogP contribution in [-0.2, 0) is 4.79 Å². The van der Waals surface area contributed by atoms with Gasteiger partial charge in [-0.15, -0.1) is 13.2 Å². The third kappa shape index (κ3) is 2.99. The Bertz CT molecular complexity index is 411. The molecule has 80 valence electrons. The lowest BCUT2D eigenvalue weighted by Gasteiger charge is -2.11. The van der Waals surface area contributed by atoms with Gasteiger partial charge in [0.1, 0.15) is 5.69 Å². The average Bonchev–Trinajstić information content (AvgIpc) is 2.08. The van der Waals surface area contributed by atoms with E-state index >= 15 is 0 Å². The summed E-state index contributed by atoms with van der Waals surface area (Å²) in [4.78, 5) is 13.0. The van der Waals surface area contributed by atoms with Crippen molar-refractivity contribution in [3.05, 3.63) is 18.2 Å². The Balaban J connectivity index is 3.17. The van der Waals surface area contributed by atoms with E-state index in [2.05, 4.69) is 9.73 Å². The van der Waals surface area contributed by atoms with Crippen molar-refractivity contribution >= 4 is 17.5 Å². The van der Waals surface area contributed by atoms with Gasteiger partial charge in [-0.25, -0.2) is 4.79 Å². The van der Waals surface area contributed by atoms with Crippen molar-refractivity contribution in [1.29, 1.82) is 0 Å². The van der Waals surface area contributed by atoms with Crippen molar-refractivity contribution in [3.63, 3.8) is 0 Å². The van der Waals surface area contributed by atoms with E-state index in [1.165, 1.54) is 12.1 Å². The first-order chi connectivity index (χ1) is 6.94. The number of alkyl halides is 3. The fourth-order valence-corrected chi connectivity index (χ4v) is 0.912. The number of anilines is 1. The first kappa shape index (κ1) is 11.1. The molecule has 0 heterocycles. The molecule has 2 N–H and O–H groups in total. The van der Waals surface area contributed by atoms with Crippen LogP contribution in [-0.4, -0.2) is 12.4 Å². The fourth-order valence-electron chi connectivity index (χ4n) is 0.912. The van der Waals surface area contributed by atoms with Crippen LogP contribution < -0.4 is 10.5 Å². The summed E-state index contributed by atoms with van der Waals surface area (Å²) in [6, 6.07) is 3.54. The second kappa shape index (κ2) is 4.02. The fraction of sp³-hybridized carbons (Fsp3) is 0.125. The maximum absolute atomic E-state index is 11.9. The number of isocyanates is 1. The molecule has 1 aromatic carbocycles. The Morgan fingerprint density at radius 1 is 1.40 bits per heavy atom. The molecule has 0 fully saturated rings. The third-order valence-corrected chi connectivity index (χ3v) is 1.41. The molecule has 0 amide bonds. The quantitative estimate of drug-likeness (QED) is 0.469. The number of carbonyl (C=O) groups excluding carboxylic acids is 1. The van der Waals surface area contributed by atoms with Crippen molar-refractivity contribution in [2.75, 3.05) is 5.73 Å². The van der Waals surface area contributed by atoms with E-state index in [9.17, 15) is 18.0 Å². The molecule has 0 unspecified atom stereocenters. The van der Waals surface area contributed by atoms with Crippen LogP contribution in [0.25, 0.3) is 0 Å². The Morgan fingerprint density at radius 2 is 2.07 bits per heavy atom. The van der Waals surface area contributed by atoms with E-state index < -0.39 is 12.1 Å². The summed E-state index contributed by atoms with van der Waals surface area (Å²) < 4.78 is 39.3. The highest BCUT2D eigenvalue weighted by atomic mass is 19.4. The lowest BCUT2D eigenvalue weighted by molar-refractivity contribution is -0.274. The minimum Gasteiger partial charge on any atom is -0.403 e. The van der Waals surface area contributed by atoms with Gasteiger partial charge in [0.25, 0.3) is 0 Å².